The molecule has 0 radical (unpaired) electrons. The summed E-state index contributed by atoms with van der Waals surface area (Å²) >= 11 is 0. The molecule has 0 aromatic heterocycles. The number of rotatable bonds is 12. The van der Waals surface area contributed by atoms with Gasteiger partial charge in [-0.3, -0.25) is 14.6 Å². The molecule has 1 amide bonds. The summed E-state index contributed by atoms with van der Waals surface area (Å²) in [6.07, 6.45) is 3.83. The van der Waals surface area contributed by atoms with Gasteiger partial charge in [-0.2, -0.15) is 0 Å². The minimum atomic E-state index is -0.207. The van der Waals surface area contributed by atoms with Crippen molar-refractivity contribution in [3.63, 3.8) is 0 Å². The van der Waals surface area contributed by atoms with Crippen LogP contribution in [0.4, 0.5) is 0 Å². The van der Waals surface area contributed by atoms with Crippen molar-refractivity contribution >= 4 is 11.7 Å². The lowest BCUT2D eigenvalue weighted by Crippen LogP contribution is -2.42. The van der Waals surface area contributed by atoms with Crippen molar-refractivity contribution < 1.29 is 19.4 Å². The Labute approximate surface area is 201 Å². The van der Waals surface area contributed by atoms with Crippen molar-refractivity contribution in [2.24, 2.45) is 0 Å². The number of methoxy groups -OCH3 is 1. The van der Waals surface area contributed by atoms with Gasteiger partial charge >= 0.3 is 0 Å². The van der Waals surface area contributed by atoms with E-state index >= 15 is 0 Å². The number of nitrogens with zero attached hydrogens (tertiary/aromatic N) is 2. The molecule has 8 nitrogen and oxygen atoms in total. The van der Waals surface area contributed by atoms with Gasteiger partial charge in [-0.05, 0) is 62.7 Å². The number of carbonyl (C=O) groups excluding carboxylic acids is 2. The molecule has 0 unspecified atom stereocenters. The second kappa shape index (κ2) is 13.1. The van der Waals surface area contributed by atoms with Gasteiger partial charge in [0.05, 0.1) is 13.7 Å². The summed E-state index contributed by atoms with van der Waals surface area (Å²) in [6.45, 7) is 6.98. The average molecular weight is 469 g/mol. The van der Waals surface area contributed by atoms with E-state index in [2.05, 4.69) is 15.6 Å². The van der Waals surface area contributed by atoms with Crippen molar-refractivity contribution in [1.82, 2.24) is 20.7 Å². The Bertz CT molecular complexity index is 960. The van der Waals surface area contributed by atoms with Gasteiger partial charge in [0.2, 0.25) is 0 Å². The normalized spacial score (nSPS) is 14.1. The summed E-state index contributed by atoms with van der Waals surface area (Å²) < 4.78 is 5.14. The lowest BCUT2D eigenvalue weighted by atomic mass is 10.1. The predicted molar refractivity (Wildman–Crippen MR) is 132 cm³/mol. The van der Waals surface area contributed by atoms with Crippen LogP contribution >= 0.6 is 0 Å². The Morgan fingerprint density at radius 1 is 1.09 bits per heavy atom. The first kappa shape index (κ1) is 25.7. The first-order valence-corrected chi connectivity index (χ1v) is 12.0. The van der Waals surface area contributed by atoms with Crippen LogP contribution in [0.25, 0.3) is 0 Å². The van der Waals surface area contributed by atoms with E-state index in [1.165, 1.54) is 31.4 Å². The summed E-state index contributed by atoms with van der Waals surface area (Å²) in [7, 11) is 1.49. The van der Waals surface area contributed by atoms with Crippen molar-refractivity contribution in [3.8, 4) is 11.5 Å². The van der Waals surface area contributed by atoms with Crippen molar-refractivity contribution in [1.29, 1.82) is 0 Å². The second-order valence-corrected chi connectivity index (χ2v) is 8.47. The molecule has 0 atom stereocenters. The maximum absolute atomic E-state index is 13.1. The number of Topliss-reactive ketones (excluding diaryl/α,β-unsaturated/α-hetero) is 1. The first-order valence-electron chi connectivity index (χ1n) is 12.0. The largest absolute Gasteiger partial charge is 0.504 e. The SMILES string of the molecule is CCN(NCc1ccc(O)c(OC)c1)C(=O)c1cccc(C(=O)CNCCN2CCCCC2)c1. The van der Waals surface area contributed by atoms with Crippen LogP contribution in [0.5, 0.6) is 11.5 Å². The fourth-order valence-corrected chi connectivity index (χ4v) is 4.05. The number of aromatic hydroxyl groups is 1. The molecule has 1 heterocycles. The fourth-order valence-electron chi connectivity index (χ4n) is 4.05. The van der Waals surface area contributed by atoms with Crippen LogP contribution in [0.15, 0.2) is 42.5 Å². The third-order valence-corrected chi connectivity index (χ3v) is 6.05. The Balaban J connectivity index is 1.52. The van der Waals surface area contributed by atoms with E-state index in [1.54, 1.807) is 42.5 Å². The van der Waals surface area contributed by atoms with Crippen LogP contribution in [-0.4, -0.2) is 73.1 Å². The number of hydrogen-bond donors (Lipinski definition) is 3. The monoisotopic (exact) mass is 468 g/mol. The molecule has 0 spiro atoms. The maximum atomic E-state index is 13.1. The standard InChI is InChI=1S/C26H36N4O4/c1-3-30(28-18-20-10-11-23(31)25(16-20)34-2)26(33)22-9-7-8-21(17-22)24(32)19-27-12-15-29-13-5-4-6-14-29/h7-11,16-17,27-28,31H,3-6,12-15,18-19H2,1-2H3. The van der Waals surface area contributed by atoms with E-state index in [4.69, 9.17) is 4.74 Å². The average Bonchev–Trinajstić information content (AvgIpc) is 2.88. The lowest BCUT2D eigenvalue weighted by Gasteiger charge is -2.26. The molecule has 184 valence electrons. The Morgan fingerprint density at radius 2 is 1.85 bits per heavy atom. The van der Waals surface area contributed by atoms with E-state index in [1.807, 2.05) is 6.92 Å². The fraction of sp³-hybridized carbons (Fsp3) is 0.462. The number of carbonyl (C=O) groups is 2. The van der Waals surface area contributed by atoms with Gasteiger partial charge in [-0.15, -0.1) is 0 Å². The molecule has 1 fully saturated rings. The van der Waals surface area contributed by atoms with E-state index in [9.17, 15) is 14.7 Å². The number of benzene rings is 2. The smallest absolute Gasteiger partial charge is 0.267 e. The molecule has 3 rings (SSSR count). The zero-order valence-electron chi connectivity index (χ0n) is 20.2. The van der Waals surface area contributed by atoms with Crippen LogP contribution in [-0.2, 0) is 6.54 Å². The van der Waals surface area contributed by atoms with Crippen molar-refractivity contribution in [2.75, 3.05) is 46.4 Å². The minimum Gasteiger partial charge on any atom is -0.504 e. The molecular formula is C26H36N4O4. The number of amides is 1. The number of likely N-dealkylation sites (tertiary alicyclic amines) is 1. The third kappa shape index (κ3) is 7.28. The number of ketones is 1. The molecule has 0 bridgehead atoms. The number of hydrazine groups is 1. The van der Waals surface area contributed by atoms with E-state index in [0.29, 0.717) is 30.0 Å². The highest BCUT2D eigenvalue weighted by Crippen LogP contribution is 2.26. The quantitative estimate of drug-likeness (QED) is 0.251. The van der Waals surface area contributed by atoms with Gasteiger partial charge in [0, 0.05) is 37.3 Å². The molecule has 0 aliphatic carbocycles. The highest BCUT2D eigenvalue weighted by molar-refractivity contribution is 6.01. The third-order valence-electron chi connectivity index (χ3n) is 6.05. The molecule has 1 aliphatic heterocycles. The van der Waals surface area contributed by atoms with Crippen molar-refractivity contribution in [3.05, 3.63) is 59.2 Å². The Hall–Kier alpha value is -2.94. The minimum absolute atomic E-state index is 0.0273. The van der Waals surface area contributed by atoms with E-state index < -0.39 is 0 Å². The summed E-state index contributed by atoms with van der Waals surface area (Å²) in [6, 6.07) is 11.9. The van der Waals surface area contributed by atoms with E-state index in [-0.39, 0.29) is 24.0 Å². The van der Waals surface area contributed by atoms with Gasteiger partial charge in [-0.1, -0.05) is 24.6 Å². The highest BCUT2D eigenvalue weighted by Gasteiger charge is 2.17. The van der Waals surface area contributed by atoms with Gasteiger partial charge in [0.25, 0.3) is 5.91 Å². The topological polar surface area (TPSA) is 94.1 Å². The van der Waals surface area contributed by atoms with Crippen molar-refractivity contribution in [2.45, 2.75) is 32.7 Å². The zero-order valence-corrected chi connectivity index (χ0v) is 20.2. The number of ether oxygens (including phenoxy) is 1. The van der Waals surface area contributed by atoms with Gasteiger partial charge in [0.15, 0.2) is 17.3 Å². The van der Waals surface area contributed by atoms with Crippen LogP contribution in [0.3, 0.4) is 0 Å². The van der Waals surface area contributed by atoms with Gasteiger partial charge in [-0.25, -0.2) is 5.43 Å². The summed E-state index contributed by atoms with van der Waals surface area (Å²) in [5, 5.41) is 14.5. The molecular weight excluding hydrogens is 432 g/mol. The molecule has 1 saturated heterocycles. The van der Waals surface area contributed by atoms with Gasteiger partial charge in [0.1, 0.15) is 0 Å². The number of phenols is 1. The number of piperidine rings is 1. The number of nitrogens with one attached hydrogen (secondary N) is 2. The molecule has 34 heavy (non-hydrogen) atoms. The molecule has 8 heteroatoms. The number of hydrogen-bond acceptors (Lipinski definition) is 7. The highest BCUT2D eigenvalue weighted by atomic mass is 16.5. The zero-order chi connectivity index (χ0) is 24.3. The van der Waals surface area contributed by atoms with Crippen LogP contribution in [0.1, 0.15) is 52.5 Å². The van der Waals surface area contributed by atoms with Crippen LogP contribution in [0.2, 0.25) is 0 Å². The summed E-state index contributed by atoms with van der Waals surface area (Å²) in [4.78, 5) is 28.1. The molecule has 2 aromatic carbocycles. The summed E-state index contributed by atoms with van der Waals surface area (Å²) in [5.74, 6) is 0.211. The van der Waals surface area contributed by atoms with Crippen LogP contribution < -0.4 is 15.5 Å². The molecule has 1 aliphatic rings. The van der Waals surface area contributed by atoms with Gasteiger partial charge < -0.3 is 20.1 Å². The molecule has 3 N–H and O–H groups in total. The Kier molecular flexibility index (Phi) is 9.88. The van der Waals surface area contributed by atoms with Crippen LogP contribution in [0, 0.1) is 0 Å². The summed E-state index contributed by atoms with van der Waals surface area (Å²) in [5.41, 5.74) is 4.96. The lowest BCUT2D eigenvalue weighted by molar-refractivity contribution is 0.0665. The Morgan fingerprint density at radius 3 is 2.59 bits per heavy atom. The van der Waals surface area contributed by atoms with E-state index in [0.717, 1.165) is 31.7 Å². The molecule has 0 saturated carbocycles. The first-order chi connectivity index (χ1) is 16.5. The maximum Gasteiger partial charge on any atom is 0.267 e. The molecule has 2 aromatic rings. The number of phenolic OH excluding ortho intramolecular Hbond substituents is 1. The predicted octanol–water partition coefficient (Wildman–Crippen LogP) is 2.83. The second-order valence-electron chi connectivity index (χ2n) is 8.47.